The van der Waals surface area contributed by atoms with E-state index < -0.39 is 6.23 Å². The van der Waals surface area contributed by atoms with Crippen LogP contribution in [0.4, 0.5) is 0 Å². The molecular formula is C7H16NO. The molecule has 0 spiro atoms. The highest BCUT2D eigenvalue weighted by Gasteiger charge is 2.07. The molecule has 2 nitrogen and oxygen atoms in total. The van der Waals surface area contributed by atoms with Gasteiger partial charge in [-0.3, -0.25) is 5.32 Å². The summed E-state index contributed by atoms with van der Waals surface area (Å²) in [5.74, 6) is 0.543. The summed E-state index contributed by atoms with van der Waals surface area (Å²) in [5, 5.41) is 13.4. The van der Waals surface area contributed by atoms with Crippen molar-refractivity contribution < 1.29 is 5.11 Å². The van der Waals surface area contributed by atoms with Crippen LogP contribution in [-0.4, -0.2) is 12.3 Å². The first kappa shape index (κ1) is 8.92. The van der Waals surface area contributed by atoms with Gasteiger partial charge in [0.2, 0.25) is 0 Å². The summed E-state index contributed by atoms with van der Waals surface area (Å²) in [7, 11) is 0. The first-order valence-corrected chi connectivity index (χ1v) is 3.46. The maximum Gasteiger partial charge on any atom is 0.141 e. The van der Waals surface area contributed by atoms with Crippen molar-refractivity contribution in [2.24, 2.45) is 5.92 Å². The van der Waals surface area contributed by atoms with Crippen molar-refractivity contribution in [2.45, 2.75) is 40.0 Å². The lowest BCUT2D eigenvalue weighted by Crippen LogP contribution is -2.36. The largest absolute Gasteiger partial charge is 0.287 e. The van der Waals surface area contributed by atoms with E-state index in [-0.39, 0.29) is 0 Å². The van der Waals surface area contributed by atoms with Crippen LogP contribution in [-0.2, 0) is 5.11 Å². The van der Waals surface area contributed by atoms with Crippen molar-refractivity contribution in [1.82, 2.24) is 5.32 Å². The van der Waals surface area contributed by atoms with Gasteiger partial charge in [0.1, 0.15) is 6.23 Å². The molecular weight excluding hydrogens is 114 g/mol. The Hall–Kier alpha value is -0.0800. The zero-order chi connectivity index (χ0) is 7.44. The Balaban J connectivity index is 3.38. The molecule has 0 saturated heterocycles. The standard InChI is InChI=1S/C7H16NO/c1-5(2)6(3)8-7(4)9/h5-8H,1-4H3. The Morgan fingerprint density at radius 3 is 1.67 bits per heavy atom. The van der Waals surface area contributed by atoms with Crippen LogP contribution in [0.2, 0.25) is 0 Å². The molecule has 2 heteroatoms. The Kier molecular flexibility index (Phi) is 3.82. The second kappa shape index (κ2) is 3.85. The predicted octanol–water partition coefficient (Wildman–Crippen LogP) is 1.40. The second-order valence-electron chi connectivity index (χ2n) is 2.84. The molecule has 0 bridgehead atoms. The van der Waals surface area contributed by atoms with Gasteiger partial charge in [-0.2, -0.15) is 0 Å². The molecule has 0 aromatic carbocycles. The van der Waals surface area contributed by atoms with Gasteiger partial charge in [-0.1, -0.05) is 13.8 Å². The molecule has 2 atom stereocenters. The van der Waals surface area contributed by atoms with Crippen LogP contribution in [0.15, 0.2) is 0 Å². The lowest BCUT2D eigenvalue weighted by molar-refractivity contribution is 0.0602. The van der Waals surface area contributed by atoms with Crippen LogP contribution in [0.1, 0.15) is 27.7 Å². The van der Waals surface area contributed by atoms with Gasteiger partial charge in [-0.15, -0.1) is 0 Å². The molecule has 2 unspecified atom stereocenters. The van der Waals surface area contributed by atoms with Crippen LogP contribution in [0.3, 0.4) is 0 Å². The van der Waals surface area contributed by atoms with Crippen LogP contribution >= 0.6 is 0 Å². The molecule has 0 saturated carbocycles. The summed E-state index contributed by atoms with van der Waals surface area (Å²) in [6.07, 6.45) is -0.637. The van der Waals surface area contributed by atoms with Crippen molar-refractivity contribution in [3.05, 3.63) is 0 Å². The predicted molar refractivity (Wildman–Crippen MR) is 37.6 cm³/mol. The van der Waals surface area contributed by atoms with Gasteiger partial charge in [0, 0.05) is 6.04 Å². The molecule has 0 aliphatic carbocycles. The van der Waals surface area contributed by atoms with Gasteiger partial charge in [0.15, 0.2) is 0 Å². The number of rotatable bonds is 3. The maximum atomic E-state index is 10.5. The van der Waals surface area contributed by atoms with Gasteiger partial charge in [0.25, 0.3) is 0 Å². The highest BCUT2D eigenvalue weighted by Crippen LogP contribution is 1.99. The molecule has 0 fully saturated rings. The smallest absolute Gasteiger partial charge is 0.141 e. The Morgan fingerprint density at radius 1 is 1.11 bits per heavy atom. The van der Waals surface area contributed by atoms with E-state index in [2.05, 4.69) is 19.2 Å². The highest BCUT2D eigenvalue weighted by atomic mass is 16.3. The summed E-state index contributed by atoms with van der Waals surface area (Å²) >= 11 is 0. The first-order valence-electron chi connectivity index (χ1n) is 3.46. The molecule has 0 rings (SSSR count). The van der Waals surface area contributed by atoms with E-state index in [4.69, 9.17) is 0 Å². The third-order valence-corrected chi connectivity index (χ3v) is 1.50. The third kappa shape index (κ3) is 4.43. The van der Waals surface area contributed by atoms with Crippen LogP contribution in [0.25, 0.3) is 0 Å². The molecule has 0 aromatic rings. The topological polar surface area (TPSA) is 31.9 Å². The molecule has 0 heterocycles. The summed E-state index contributed by atoms with van der Waals surface area (Å²) in [6.45, 7) is 7.85. The van der Waals surface area contributed by atoms with E-state index >= 15 is 0 Å². The van der Waals surface area contributed by atoms with Gasteiger partial charge >= 0.3 is 0 Å². The molecule has 1 radical (unpaired) electrons. The van der Waals surface area contributed by atoms with E-state index in [1.165, 1.54) is 0 Å². The van der Waals surface area contributed by atoms with E-state index in [0.717, 1.165) is 0 Å². The normalized spacial score (nSPS) is 18.0. The van der Waals surface area contributed by atoms with Crippen molar-refractivity contribution in [2.75, 3.05) is 0 Å². The molecule has 0 aliphatic heterocycles. The number of hydrogen-bond acceptors (Lipinski definition) is 1. The fourth-order valence-corrected chi connectivity index (χ4v) is 0.563. The van der Waals surface area contributed by atoms with E-state index in [1.54, 1.807) is 6.92 Å². The molecule has 0 amide bonds. The van der Waals surface area contributed by atoms with Crippen molar-refractivity contribution in [3.63, 3.8) is 0 Å². The lowest BCUT2D eigenvalue weighted by atomic mass is 10.1. The average molecular weight is 130 g/mol. The van der Waals surface area contributed by atoms with Crippen molar-refractivity contribution in [3.8, 4) is 0 Å². The number of hydrogen-bond donors (Lipinski definition) is 1. The van der Waals surface area contributed by atoms with Crippen LogP contribution < -0.4 is 5.32 Å². The minimum absolute atomic E-state index is 0.331. The zero-order valence-corrected chi connectivity index (χ0v) is 6.64. The fraction of sp³-hybridized carbons (Fsp3) is 1.00. The van der Waals surface area contributed by atoms with Gasteiger partial charge in [-0.25, -0.2) is 5.11 Å². The SMILES string of the molecule is CC([O])NC(C)C(C)C. The summed E-state index contributed by atoms with van der Waals surface area (Å²) in [6, 6.07) is 0.331. The minimum Gasteiger partial charge on any atom is -0.287 e. The highest BCUT2D eigenvalue weighted by molar-refractivity contribution is 4.63. The monoisotopic (exact) mass is 130 g/mol. The lowest BCUT2D eigenvalue weighted by Gasteiger charge is -2.17. The van der Waals surface area contributed by atoms with Crippen LogP contribution in [0.5, 0.6) is 0 Å². The minimum atomic E-state index is -0.637. The summed E-state index contributed by atoms with van der Waals surface area (Å²) < 4.78 is 0. The first-order chi connectivity index (χ1) is 4.04. The molecule has 0 aromatic heterocycles. The number of nitrogens with one attached hydrogen (secondary N) is 1. The van der Waals surface area contributed by atoms with Crippen molar-refractivity contribution >= 4 is 0 Å². The van der Waals surface area contributed by atoms with Gasteiger partial charge in [-0.05, 0) is 19.8 Å². The van der Waals surface area contributed by atoms with Crippen LogP contribution in [0, 0.1) is 5.92 Å². The summed E-state index contributed by atoms with van der Waals surface area (Å²) in [4.78, 5) is 0. The molecule has 1 N–H and O–H groups in total. The summed E-state index contributed by atoms with van der Waals surface area (Å²) in [5.41, 5.74) is 0. The fourth-order valence-electron chi connectivity index (χ4n) is 0.563. The molecule has 55 valence electrons. The zero-order valence-electron chi connectivity index (χ0n) is 6.64. The Morgan fingerprint density at radius 2 is 1.56 bits per heavy atom. The van der Waals surface area contributed by atoms with Gasteiger partial charge < -0.3 is 0 Å². The Bertz CT molecular complexity index is 71.3. The quantitative estimate of drug-likeness (QED) is 0.575. The molecule has 9 heavy (non-hydrogen) atoms. The van der Waals surface area contributed by atoms with Crippen molar-refractivity contribution in [1.29, 1.82) is 0 Å². The van der Waals surface area contributed by atoms with E-state index in [1.807, 2.05) is 6.92 Å². The molecule has 0 aliphatic rings. The third-order valence-electron chi connectivity index (χ3n) is 1.50. The Labute approximate surface area is 57.3 Å². The van der Waals surface area contributed by atoms with E-state index in [9.17, 15) is 5.11 Å². The van der Waals surface area contributed by atoms with E-state index in [0.29, 0.717) is 12.0 Å². The second-order valence-corrected chi connectivity index (χ2v) is 2.84. The van der Waals surface area contributed by atoms with Gasteiger partial charge in [0.05, 0.1) is 0 Å². The maximum absolute atomic E-state index is 10.5. The average Bonchev–Trinajstić information content (AvgIpc) is 1.63.